The first-order valence-corrected chi connectivity index (χ1v) is 22.8. The van der Waals surface area contributed by atoms with E-state index < -0.39 is 0 Å². The molecule has 320 valence electrons. The number of hydrogen-bond donors (Lipinski definition) is 5. The molecule has 4 aliphatic rings. The third-order valence-electron chi connectivity index (χ3n) is 12.2. The molecule has 4 aliphatic heterocycles. The summed E-state index contributed by atoms with van der Waals surface area (Å²) in [5.41, 5.74) is 9.00. The number of quaternary nitrogens is 1. The van der Waals surface area contributed by atoms with Gasteiger partial charge in [0.25, 0.3) is 0 Å². The molecule has 0 bridgehead atoms. The molecule has 62 heavy (non-hydrogen) atoms. The summed E-state index contributed by atoms with van der Waals surface area (Å²) >= 11 is 7.05. The molecule has 6 heterocycles. The van der Waals surface area contributed by atoms with Gasteiger partial charge in [0.15, 0.2) is 11.8 Å². The smallest absolute Gasteiger partial charge is 0.199 e. The number of likely N-dealkylation sites (tertiary alicyclic amines) is 1. The van der Waals surface area contributed by atoms with E-state index in [1.165, 1.54) is 25.9 Å². The molecule has 0 unspecified atom stereocenters. The third kappa shape index (κ3) is 8.95. The maximum Gasteiger partial charge on any atom is 0.199 e. The highest BCUT2D eigenvalue weighted by atomic mass is 79.9. The molecule has 0 atom stereocenters. The number of para-hydroxylation sites is 2. The number of halogens is 2. The van der Waals surface area contributed by atoms with Gasteiger partial charge in [-0.05, 0) is 80.8 Å². The number of aromatic hydroxyl groups is 2. The normalized spacial score (nSPS) is 20.3. The van der Waals surface area contributed by atoms with Crippen molar-refractivity contribution >= 4 is 87.9 Å². The number of fused-ring (bicyclic) bond motifs is 4. The highest BCUT2D eigenvalue weighted by Crippen LogP contribution is 2.38. The van der Waals surface area contributed by atoms with Gasteiger partial charge in [-0.25, -0.2) is 9.98 Å². The predicted molar refractivity (Wildman–Crippen MR) is 253 cm³/mol. The Kier molecular flexibility index (Phi) is 12.6. The van der Waals surface area contributed by atoms with Crippen molar-refractivity contribution in [3.63, 3.8) is 0 Å². The minimum atomic E-state index is 0.0739. The molecule has 6 aromatic rings. The summed E-state index contributed by atoms with van der Waals surface area (Å²) in [4.78, 5) is 33.6. The molecule has 15 heteroatoms. The number of aromatic amines is 2. The Bertz CT molecular complexity index is 2540. The topological polar surface area (TPSA) is 151 Å². The molecular formula is C47H50Br2N9O4+. The van der Waals surface area contributed by atoms with Crippen LogP contribution >= 0.6 is 31.9 Å². The molecular weight excluding hydrogens is 914 g/mol. The number of piperidine rings is 1. The number of oxime groups is 2. The maximum atomic E-state index is 10.7. The number of nitrogens with one attached hydrogen (secondary N) is 3. The number of likely N-dealkylation sites (N-methyl/N-ethyl adjacent to an activating group) is 1. The standard InChI is InChI=1S/C24H25BrN4O2.C23H24BrN5O2/c1-29-11-8-15(9-12-29)10-13-31-28-22-17-4-2-3-5-19(17)26-23(22)21-18-14-16(25)6-7-20(18)27-24(21)30;1-28-8-10-29(11-9-28)12-13-31-27-21-16-4-2-3-5-18(16)25-22(21)20-17-14-15(24)6-7-19(17)26-23(20)30/h2-7,14-15,27,30H,8-13H2,1H3;2-7,14,26,30H,8-13H2,1H3/p+1/b28-22+;27-21+. The van der Waals surface area contributed by atoms with Crippen molar-refractivity contribution < 1.29 is 24.8 Å². The maximum absolute atomic E-state index is 10.7. The van der Waals surface area contributed by atoms with Crippen LogP contribution in [0.1, 0.15) is 41.5 Å². The average molecular weight is 965 g/mol. The number of nitrogens with zero attached hydrogens (tertiary/aromatic N) is 6. The lowest BCUT2D eigenvalue weighted by Crippen LogP contribution is -3.10. The van der Waals surface area contributed by atoms with Crippen LogP contribution in [0.5, 0.6) is 11.8 Å². The number of H-pyrrole nitrogens is 2. The van der Waals surface area contributed by atoms with Crippen molar-refractivity contribution in [1.82, 2.24) is 19.8 Å². The molecule has 2 aromatic heterocycles. The fraction of sp³-hybridized carbons (Fsp3) is 0.319. The largest absolute Gasteiger partial charge is 0.494 e. The van der Waals surface area contributed by atoms with Gasteiger partial charge >= 0.3 is 0 Å². The van der Waals surface area contributed by atoms with Gasteiger partial charge in [-0.2, -0.15) is 0 Å². The first kappa shape index (κ1) is 42.0. The van der Waals surface area contributed by atoms with E-state index in [1.54, 1.807) is 4.90 Å². The first-order chi connectivity index (χ1) is 30.2. The van der Waals surface area contributed by atoms with Crippen LogP contribution in [-0.4, -0.2) is 126 Å². The average Bonchev–Trinajstić information content (AvgIpc) is 4.01. The van der Waals surface area contributed by atoms with Crippen molar-refractivity contribution in [2.75, 3.05) is 73.1 Å². The highest BCUT2D eigenvalue weighted by Gasteiger charge is 2.31. The van der Waals surface area contributed by atoms with Crippen molar-refractivity contribution in [3.8, 4) is 11.8 Å². The predicted octanol–water partition coefficient (Wildman–Crippen LogP) is 7.54. The number of rotatable bonds is 10. The molecule has 4 aromatic carbocycles. The van der Waals surface area contributed by atoms with E-state index in [2.05, 4.69) is 76.0 Å². The molecule has 0 aliphatic carbocycles. The Hall–Kier alpha value is -5.32. The third-order valence-corrected chi connectivity index (χ3v) is 13.2. The molecule has 0 spiro atoms. The second-order valence-corrected chi connectivity index (χ2v) is 18.2. The van der Waals surface area contributed by atoms with Gasteiger partial charge < -0.3 is 39.7 Å². The number of aliphatic imine (C=N–C) groups is 2. The van der Waals surface area contributed by atoms with Crippen LogP contribution in [0.3, 0.4) is 0 Å². The molecule has 2 fully saturated rings. The van der Waals surface area contributed by atoms with Gasteiger partial charge in [0.2, 0.25) is 0 Å². The monoisotopic (exact) mass is 962 g/mol. The molecule has 0 amide bonds. The van der Waals surface area contributed by atoms with Gasteiger partial charge in [0.05, 0.1) is 42.6 Å². The van der Waals surface area contributed by atoms with Crippen LogP contribution in [-0.2, 0) is 9.68 Å². The Balaban J connectivity index is 0.000000158. The van der Waals surface area contributed by atoms with Gasteiger partial charge in [0, 0.05) is 74.6 Å². The van der Waals surface area contributed by atoms with E-state index in [9.17, 15) is 10.2 Å². The minimum absolute atomic E-state index is 0.0739. The number of piperazine rings is 1. The van der Waals surface area contributed by atoms with Crippen molar-refractivity contribution in [2.24, 2.45) is 26.2 Å². The molecule has 0 radical (unpaired) electrons. The molecule has 0 saturated carbocycles. The summed E-state index contributed by atoms with van der Waals surface area (Å²) in [6.45, 7) is 8.65. The fourth-order valence-corrected chi connectivity index (χ4v) is 9.32. The quantitative estimate of drug-likeness (QED) is 0.0708. The van der Waals surface area contributed by atoms with Crippen LogP contribution in [0.4, 0.5) is 11.4 Å². The highest BCUT2D eigenvalue weighted by molar-refractivity contribution is 9.10. The number of benzene rings is 4. The van der Waals surface area contributed by atoms with Gasteiger partial charge in [-0.3, -0.25) is 4.90 Å². The van der Waals surface area contributed by atoms with Crippen LogP contribution in [0.25, 0.3) is 21.8 Å². The summed E-state index contributed by atoms with van der Waals surface area (Å²) in [6.07, 6.45) is 3.52. The van der Waals surface area contributed by atoms with E-state index >= 15 is 0 Å². The fourth-order valence-electron chi connectivity index (χ4n) is 8.60. The van der Waals surface area contributed by atoms with E-state index in [1.807, 2.05) is 84.9 Å². The minimum Gasteiger partial charge on any atom is -0.494 e. The second kappa shape index (κ2) is 18.6. The van der Waals surface area contributed by atoms with Crippen LogP contribution in [0, 0.1) is 5.92 Å². The lowest BCUT2D eigenvalue weighted by molar-refractivity contribution is -0.886. The van der Waals surface area contributed by atoms with Crippen molar-refractivity contribution in [2.45, 2.75) is 19.3 Å². The second-order valence-electron chi connectivity index (χ2n) is 16.4. The Morgan fingerprint density at radius 2 is 1.21 bits per heavy atom. The Morgan fingerprint density at radius 1 is 0.710 bits per heavy atom. The summed E-state index contributed by atoms with van der Waals surface area (Å²) in [6, 6.07) is 27.4. The summed E-state index contributed by atoms with van der Waals surface area (Å²) in [5.74, 6) is 0.869. The van der Waals surface area contributed by atoms with Crippen LogP contribution < -0.4 is 4.90 Å². The van der Waals surface area contributed by atoms with Crippen LogP contribution in [0.2, 0.25) is 0 Å². The lowest BCUT2D eigenvalue weighted by Gasteiger charge is -2.31. The number of hydrogen-bond acceptors (Lipinski definition) is 10. The Labute approximate surface area is 377 Å². The van der Waals surface area contributed by atoms with Gasteiger partial charge in [-0.1, -0.05) is 78.6 Å². The van der Waals surface area contributed by atoms with Crippen molar-refractivity contribution in [3.05, 3.63) is 116 Å². The van der Waals surface area contributed by atoms with Crippen LogP contribution in [0.15, 0.2) is 114 Å². The zero-order valence-electron chi connectivity index (χ0n) is 34.8. The summed E-state index contributed by atoms with van der Waals surface area (Å²) < 4.78 is 1.87. The zero-order valence-corrected chi connectivity index (χ0v) is 38.0. The van der Waals surface area contributed by atoms with E-state index in [-0.39, 0.29) is 11.8 Å². The Morgan fingerprint density at radius 3 is 1.74 bits per heavy atom. The van der Waals surface area contributed by atoms with Gasteiger partial charge in [0.1, 0.15) is 36.1 Å². The first-order valence-electron chi connectivity index (χ1n) is 21.2. The van der Waals surface area contributed by atoms with Gasteiger partial charge in [-0.15, -0.1) is 0 Å². The molecule has 5 N–H and O–H groups in total. The lowest BCUT2D eigenvalue weighted by atomic mass is 9.94. The van der Waals surface area contributed by atoms with E-state index in [4.69, 9.17) is 19.7 Å². The zero-order chi connectivity index (χ0) is 42.7. The molecule has 13 nitrogen and oxygen atoms in total. The summed E-state index contributed by atoms with van der Waals surface area (Å²) in [5, 5.41) is 32.2. The SMILES string of the molecule is CN1CCN(CCO/N=C2/C(c3c(O)[nH]c4ccc(Br)cc34)=Nc3ccccc32)CC1.C[NH+]1CCC(CCO/N=C2/C(c3c(O)[nH]c4ccc(Br)cc34)=Nc3ccccc32)CC1. The summed E-state index contributed by atoms with van der Waals surface area (Å²) in [7, 11) is 4.41. The van der Waals surface area contributed by atoms with E-state index in [0.29, 0.717) is 53.1 Å². The van der Waals surface area contributed by atoms with E-state index in [0.717, 1.165) is 92.4 Å². The molecule has 2 saturated heterocycles. The number of aromatic nitrogens is 2. The molecule has 10 rings (SSSR count). The van der Waals surface area contributed by atoms with Crippen molar-refractivity contribution in [1.29, 1.82) is 0 Å².